The molecule has 0 bridgehead atoms. The number of hydrogen-bond acceptors (Lipinski definition) is 5. The van der Waals surface area contributed by atoms with Crippen LogP contribution in [0.3, 0.4) is 0 Å². The second-order valence-electron chi connectivity index (χ2n) is 5.58. The molecule has 2 rings (SSSR count). The Morgan fingerprint density at radius 2 is 1.83 bits per heavy atom. The Bertz CT molecular complexity index is 782. The quantitative estimate of drug-likeness (QED) is 0.695. The van der Waals surface area contributed by atoms with Crippen LogP contribution in [-0.2, 0) is 23.6 Å². The fraction of sp³-hybridized carbons (Fsp3) is 0.438. The molecular formula is C16H24N4O3S. The summed E-state index contributed by atoms with van der Waals surface area (Å²) in [6, 6.07) is 6.78. The minimum atomic E-state index is -3.47. The van der Waals surface area contributed by atoms with Gasteiger partial charge in [0.1, 0.15) is 0 Å². The lowest BCUT2D eigenvalue weighted by Crippen LogP contribution is -2.31. The minimum absolute atomic E-state index is 0.276. The van der Waals surface area contributed by atoms with Gasteiger partial charge in [-0.05, 0) is 26.0 Å². The summed E-state index contributed by atoms with van der Waals surface area (Å²) >= 11 is 0. The molecule has 24 heavy (non-hydrogen) atoms. The highest BCUT2D eigenvalue weighted by Crippen LogP contribution is 2.20. The van der Waals surface area contributed by atoms with E-state index in [1.54, 1.807) is 36.1 Å². The predicted molar refractivity (Wildman–Crippen MR) is 92.6 cm³/mol. The summed E-state index contributed by atoms with van der Waals surface area (Å²) in [6.45, 7) is 5.21. The van der Waals surface area contributed by atoms with Gasteiger partial charge in [0.25, 0.3) is 0 Å². The second kappa shape index (κ2) is 7.78. The van der Waals surface area contributed by atoms with Gasteiger partial charge >= 0.3 is 0 Å². The van der Waals surface area contributed by atoms with E-state index in [4.69, 9.17) is 4.74 Å². The van der Waals surface area contributed by atoms with Crippen LogP contribution in [0.4, 0.5) is 0 Å². The van der Waals surface area contributed by atoms with Gasteiger partial charge in [-0.15, -0.1) is 0 Å². The van der Waals surface area contributed by atoms with Crippen molar-refractivity contribution in [3.63, 3.8) is 0 Å². The Labute approximate surface area is 143 Å². The Balaban J connectivity index is 1.84. The highest BCUT2D eigenvalue weighted by Gasteiger charge is 2.14. The van der Waals surface area contributed by atoms with Crippen LogP contribution < -0.4 is 14.8 Å². The molecule has 0 radical (unpaired) electrons. The Hall–Kier alpha value is -1.90. The molecular weight excluding hydrogens is 328 g/mol. The van der Waals surface area contributed by atoms with E-state index in [2.05, 4.69) is 15.1 Å². The van der Waals surface area contributed by atoms with E-state index in [0.717, 1.165) is 16.8 Å². The van der Waals surface area contributed by atoms with Crippen molar-refractivity contribution in [1.29, 1.82) is 0 Å². The molecule has 2 N–H and O–H groups in total. The maximum Gasteiger partial charge on any atom is 0.240 e. The Morgan fingerprint density at radius 3 is 2.46 bits per heavy atom. The molecule has 1 heterocycles. The third-order valence-electron chi connectivity index (χ3n) is 3.71. The van der Waals surface area contributed by atoms with Gasteiger partial charge in [0.2, 0.25) is 15.9 Å². The van der Waals surface area contributed by atoms with Crippen molar-refractivity contribution in [3.05, 3.63) is 41.1 Å². The van der Waals surface area contributed by atoms with Crippen molar-refractivity contribution in [2.45, 2.75) is 25.3 Å². The Kier molecular flexibility index (Phi) is 5.98. The summed E-state index contributed by atoms with van der Waals surface area (Å²) in [7, 11) is -0.0389. The molecule has 0 aliphatic heterocycles. The zero-order chi connectivity index (χ0) is 17.7. The summed E-state index contributed by atoms with van der Waals surface area (Å²) in [4.78, 5) is 0.276. The third kappa shape index (κ3) is 4.34. The van der Waals surface area contributed by atoms with Crippen LogP contribution in [-0.4, -0.2) is 38.4 Å². The third-order valence-corrected chi connectivity index (χ3v) is 5.19. The number of nitrogens with one attached hydrogen (secondary N) is 2. The van der Waals surface area contributed by atoms with E-state index in [-0.39, 0.29) is 4.90 Å². The molecule has 0 saturated carbocycles. The monoisotopic (exact) mass is 352 g/mol. The summed E-state index contributed by atoms with van der Waals surface area (Å²) in [5.41, 5.74) is 2.89. The molecule has 132 valence electrons. The zero-order valence-electron chi connectivity index (χ0n) is 14.5. The molecule has 2 aromatic rings. The minimum Gasteiger partial charge on any atom is -0.481 e. The molecule has 0 fully saturated rings. The van der Waals surface area contributed by atoms with Gasteiger partial charge in [0, 0.05) is 26.7 Å². The van der Waals surface area contributed by atoms with Crippen LogP contribution in [0.5, 0.6) is 5.88 Å². The van der Waals surface area contributed by atoms with E-state index in [1.165, 1.54) is 0 Å². The summed E-state index contributed by atoms with van der Waals surface area (Å²) in [5.74, 6) is 0.709. The van der Waals surface area contributed by atoms with E-state index < -0.39 is 10.0 Å². The second-order valence-corrected chi connectivity index (χ2v) is 7.35. The number of nitrogens with zero attached hydrogens (tertiary/aromatic N) is 2. The van der Waals surface area contributed by atoms with E-state index in [9.17, 15) is 8.42 Å². The fourth-order valence-electron chi connectivity index (χ4n) is 2.43. The number of aryl methyl sites for hydroxylation is 3. The van der Waals surface area contributed by atoms with Crippen LogP contribution in [0.1, 0.15) is 16.8 Å². The van der Waals surface area contributed by atoms with Gasteiger partial charge in [0.15, 0.2) is 0 Å². The van der Waals surface area contributed by atoms with E-state index >= 15 is 0 Å². The Morgan fingerprint density at radius 1 is 1.17 bits per heavy atom. The molecule has 8 heteroatoms. The van der Waals surface area contributed by atoms with Crippen LogP contribution in [0.2, 0.25) is 0 Å². The van der Waals surface area contributed by atoms with Gasteiger partial charge in [-0.25, -0.2) is 17.8 Å². The maximum absolute atomic E-state index is 12.2. The molecule has 1 aromatic carbocycles. The first-order chi connectivity index (χ1) is 11.3. The van der Waals surface area contributed by atoms with E-state index in [0.29, 0.717) is 25.5 Å². The van der Waals surface area contributed by atoms with Gasteiger partial charge in [-0.2, -0.15) is 5.10 Å². The molecule has 0 unspecified atom stereocenters. The number of methoxy groups -OCH3 is 1. The number of sulfonamides is 1. The SMILES string of the molecule is COc1c(CNCCNS(=O)(=O)c2ccc(C)cc2)c(C)nn1C. The number of rotatable bonds is 8. The smallest absolute Gasteiger partial charge is 0.240 e. The number of ether oxygens (including phenoxy) is 1. The molecule has 0 amide bonds. The molecule has 0 saturated heterocycles. The average Bonchev–Trinajstić information content (AvgIpc) is 2.80. The lowest BCUT2D eigenvalue weighted by atomic mass is 10.2. The van der Waals surface area contributed by atoms with Crippen molar-refractivity contribution in [3.8, 4) is 5.88 Å². The summed E-state index contributed by atoms with van der Waals surface area (Å²) in [5, 5.41) is 7.51. The normalized spacial score (nSPS) is 11.7. The van der Waals surface area contributed by atoms with Crippen LogP contribution in [0.25, 0.3) is 0 Å². The molecule has 0 atom stereocenters. The molecule has 0 spiro atoms. The highest BCUT2D eigenvalue weighted by molar-refractivity contribution is 7.89. The van der Waals surface area contributed by atoms with Gasteiger partial charge in [0.05, 0.1) is 23.3 Å². The van der Waals surface area contributed by atoms with Crippen molar-refractivity contribution in [2.75, 3.05) is 20.2 Å². The number of aromatic nitrogens is 2. The number of hydrogen-bond donors (Lipinski definition) is 2. The van der Waals surface area contributed by atoms with Gasteiger partial charge in [-0.1, -0.05) is 17.7 Å². The first kappa shape index (κ1) is 18.4. The lowest BCUT2D eigenvalue weighted by molar-refractivity contribution is 0.368. The molecule has 7 nitrogen and oxygen atoms in total. The van der Waals surface area contributed by atoms with Gasteiger partial charge < -0.3 is 10.1 Å². The summed E-state index contributed by atoms with van der Waals surface area (Å²) in [6.07, 6.45) is 0. The van der Waals surface area contributed by atoms with Crippen molar-refractivity contribution >= 4 is 10.0 Å². The van der Waals surface area contributed by atoms with Crippen LogP contribution >= 0.6 is 0 Å². The van der Waals surface area contributed by atoms with Crippen LogP contribution in [0.15, 0.2) is 29.2 Å². The lowest BCUT2D eigenvalue weighted by Gasteiger charge is -2.09. The molecule has 0 aliphatic rings. The fourth-order valence-corrected chi connectivity index (χ4v) is 3.46. The van der Waals surface area contributed by atoms with Gasteiger partial charge in [-0.3, -0.25) is 0 Å². The molecule has 1 aromatic heterocycles. The molecule has 0 aliphatic carbocycles. The van der Waals surface area contributed by atoms with E-state index in [1.807, 2.05) is 20.9 Å². The topological polar surface area (TPSA) is 85.2 Å². The van der Waals surface area contributed by atoms with Crippen molar-refractivity contribution in [1.82, 2.24) is 19.8 Å². The highest BCUT2D eigenvalue weighted by atomic mass is 32.2. The maximum atomic E-state index is 12.2. The van der Waals surface area contributed by atoms with Crippen molar-refractivity contribution < 1.29 is 13.2 Å². The predicted octanol–water partition coefficient (Wildman–Crippen LogP) is 1.11. The zero-order valence-corrected chi connectivity index (χ0v) is 15.3. The first-order valence-electron chi connectivity index (χ1n) is 7.68. The first-order valence-corrected chi connectivity index (χ1v) is 9.17. The average molecular weight is 352 g/mol. The standard InChI is InChI=1S/C16H24N4O3S/c1-12-5-7-14(8-6-12)24(21,22)18-10-9-17-11-15-13(2)19-20(3)16(15)23-4/h5-8,17-18H,9-11H2,1-4H3. The largest absolute Gasteiger partial charge is 0.481 e. The van der Waals surface area contributed by atoms with Crippen molar-refractivity contribution in [2.24, 2.45) is 7.05 Å². The number of benzene rings is 1. The summed E-state index contributed by atoms with van der Waals surface area (Å²) < 4.78 is 33.9. The van der Waals surface area contributed by atoms with Crippen LogP contribution in [0, 0.1) is 13.8 Å².